The molecule has 2 aromatic carbocycles. The highest BCUT2D eigenvalue weighted by Crippen LogP contribution is 2.24. The molecule has 0 heterocycles. The Balaban J connectivity index is 2.22. The molecule has 0 fully saturated rings. The molecule has 0 amide bonds. The average molecular weight is 280 g/mol. The second kappa shape index (κ2) is 6.04. The third-order valence-electron chi connectivity index (χ3n) is 2.91. The second-order valence-electron chi connectivity index (χ2n) is 4.41. The second-order valence-corrected chi connectivity index (χ2v) is 4.85. The van der Waals surface area contributed by atoms with E-state index in [2.05, 4.69) is 5.32 Å². The minimum Gasteiger partial charge on any atom is -0.394 e. The number of aliphatic hydroxyl groups excluding tert-OH is 1. The molecular weight excluding hydrogens is 265 g/mol. The number of halogens is 2. The summed E-state index contributed by atoms with van der Waals surface area (Å²) in [6, 6.07) is 11.6. The van der Waals surface area contributed by atoms with Crippen LogP contribution >= 0.6 is 11.6 Å². The van der Waals surface area contributed by atoms with Gasteiger partial charge in [0.2, 0.25) is 0 Å². The van der Waals surface area contributed by atoms with Gasteiger partial charge in [0, 0.05) is 16.3 Å². The molecule has 0 aromatic heterocycles. The van der Waals surface area contributed by atoms with E-state index in [9.17, 15) is 9.50 Å². The molecule has 0 radical (unpaired) electrons. The fourth-order valence-electron chi connectivity index (χ4n) is 1.86. The molecule has 0 bridgehead atoms. The number of benzene rings is 2. The van der Waals surface area contributed by atoms with Crippen molar-refractivity contribution in [1.82, 2.24) is 0 Å². The Hall–Kier alpha value is -1.58. The van der Waals surface area contributed by atoms with Crippen molar-refractivity contribution in [3.63, 3.8) is 0 Å². The van der Waals surface area contributed by atoms with Crippen LogP contribution in [0, 0.1) is 12.7 Å². The van der Waals surface area contributed by atoms with Crippen molar-refractivity contribution in [3.8, 4) is 0 Å². The minimum atomic E-state index is -0.500. The van der Waals surface area contributed by atoms with Gasteiger partial charge in [0.1, 0.15) is 5.82 Å². The molecule has 2 N–H and O–H groups in total. The molecule has 2 rings (SSSR count). The number of hydrogen-bond acceptors (Lipinski definition) is 2. The van der Waals surface area contributed by atoms with Crippen LogP contribution in [0.2, 0.25) is 5.02 Å². The summed E-state index contributed by atoms with van der Waals surface area (Å²) < 4.78 is 13.8. The molecule has 1 atom stereocenters. The monoisotopic (exact) mass is 279 g/mol. The quantitative estimate of drug-likeness (QED) is 0.889. The van der Waals surface area contributed by atoms with Crippen molar-refractivity contribution >= 4 is 17.3 Å². The van der Waals surface area contributed by atoms with Gasteiger partial charge in [-0.25, -0.2) is 4.39 Å². The first-order valence-electron chi connectivity index (χ1n) is 5.99. The maximum atomic E-state index is 13.8. The fourth-order valence-corrected chi connectivity index (χ4v) is 2.02. The fraction of sp³-hybridized carbons (Fsp3) is 0.200. The van der Waals surface area contributed by atoms with Crippen molar-refractivity contribution in [2.75, 3.05) is 11.9 Å². The zero-order valence-corrected chi connectivity index (χ0v) is 11.3. The third kappa shape index (κ3) is 3.46. The Labute approximate surface area is 116 Å². The maximum Gasteiger partial charge on any atom is 0.130 e. The molecule has 0 saturated heterocycles. The lowest BCUT2D eigenvalue weighted by Gasteiger charge is -2.19. The number of aryl methyl sites for hydroxylation is 1. The number of anilines is 1. The van der Waals surface area contributed by atoms with Crippen LogP contribution in [0.5, 0.6) is 0 Å². The van der Waals surface area contributed by atoms with E-state index in [4.69, 9.17) is 11.6 Å². The first kappa shape index (κ1) is 13.8. The highest BCUT2D eigenvalue weighted by atomic mass is 35.5. The van der Waals surface area contributed by atoms with Crippen molar-refractivity contribution in [3.05, 3.63) is 64.4 Å². The minimum absolute atomic E-state index is 0.202. The maximum absolute atomic E-state index is 13.8. The average Bonchev–Trinajstić information content (AvgIpc) is 2.39. The molecule has 0 saturated carbocycles. The van der Waals surface area contributed by atoms with Gasteiger partial charge in [-0.15, -0.1) is 0 Å². The number of rotatable bonds is 4. The van der Waals surface area contributed by atoms with Crippen LogP contribution in [0.3, 0.4) is 0 Å². The molecule has 4 heteroatoms. The molecule has 19 heavy (non-hydrogen) atoms. The molecule has 0 aliphatic heterocycles. The summed E-state index contributed by atoms with van der Waals surface area (Å²) in [7, 11) is 0. The van der Waals surface area contributed by atoms with Crippen LogP contribution < -0.4 is 5.32 Å². The van der Waals surface area contributed by atoms with E-state index >= 15 is 0 Å². The van der Waals surface area contributed by atoms with E-state index in [1.807, 2.05) is 31.2 Å². The Kier molecular flexibility index (Phi) is 4.40. The van der Waals surface area contributed by atoms with Gasteiger partial charge in [-0.2, -0.15) is 0 Å². The van der Waals surface area contributed by atoms with Gasteiger partial charge in [-0.05, 0) is 31.2 Å². The van der Waals surface area contributed by atoms with Gasteiger partial charge in [-0.1, -0.05) is 35.4 Å². The van der Waals surface area contributed by atoms with Crippen LogP contribution in [-0.4, -0.2) is 11.7 Å². The first-order chi connectivity index (χ1) is 9.10. The molecule has 1 unspecified atom stereocenters. The third-order valence-corrected chi connectivity index (χ3v) is 3.15. The zero-order valence-electron chi connectivity index (χ0n) is 10.5. The van der Waals surface area contributed by atoms with Crippen LogP contribution in [0.1, 0.15) is 17.2 Å². The summed E-state index contributed by atoms with van der Waals surface area (Å²) in [5.74, 6) is -0.425. The largest absolute Gasteiger partial charge is 0.394 e. The Morgan fingerprint density at radius 3 is 2.47 bits per heavy atom. The zero-order chi connectivity index (χ0) is 13.8. The molecule has 0 aliphatic carbocycles. The topological polar surface area (TPSA) is 32.3 Å². The highest BCUT2D eigenvalue weighted by molar-refractivity contribution is 6.30. The Morgan fingerprint density at radius 1 is 1.21 bits per heavy atom. The van der Waals surface area contributed by atoms with Gasteiger partial charge in [0.25, 0.3) is 0 Å². The van der Waals surface area contributed by atoms with Gasteiger partial charge in [0.15, 0.2) is 0 Å². The van der Waals surface area contributed by atoms with Gasteiger partial charge < -0.3 is 10.4 Å². The standard InChI is InChI=1S/C15H15ClFNO/c1-10-2-5-12(6-3-10)18-15(9-19)13-7-4-11(16)8-14(13)17/h2-8,15,18-19H,9H2,1H3. The van der Waals surface area contributed by atoms with Gasteiger partial charge in [0.05, 0.1) is 12.6 Å². The van der Waals surface area contributed by atoms with Crippen molar-refractivity contribution in [2.45, 2.75) is 13.0 Å². The highest BCUT2D eigenvalue weighted by Gasteiger charge is 2.15. The summed E-state index contributed by atoms with van der Waals surface area (Å²) in [5.41, 5.74) is 2.37. The van der Waals surface area contributed by atoms with E-state index in [1.165, 1.54) is 6.07 Å². The van der Waals surface area contributed by atoms with Crippen LogP contribution in [0.4, 0.5) is 10.1 Å². The molecular formula is C15H15ClFNO. The first-order valence-corrected chi connectivity index (χ1v) is 6.37. The summed E-state index contributed by atoms with van der Waals surface area (Å²) >= 11 is 5.72. The predicted octanol–water partition coefficient (Wildman–Crippen LogP) is 3.93. The lowest BCUT2D eigenvalue weighted by atomic mass is 10.1. The van der Waals surface area contributed by atoms with E-state index in [1.54, 1.807) is 12.1 Å². The van der Waals surface area contributed by atoms with Gasteiger partial charge in [-0.3, -0.25) is 0 Å². The van der Waals surface area contributed by atoms with E-state index in [-0.39, 0.29) is 6.61 Å². The van der Waals surface area contributed by atoms with Crippen LogP contribution in [-0.2, 0) is 0 Å². The summed E-state index contributed by atoms with van der Waals surface area (Å²) in [5, 5.41) is 12.9. The lowest BCUT2D eigenvalue weighted by molar-refractivity contribution is 0.274. The predicted molar refractivity (Wildman–Crippen MR) is 76.0 cm³/mol. The van der Waals surface area contributed by atoms with E-state index in [0.29, 0.717) is 10.6 Å². The van der Waals surface area contributed by atoms with Crippen molar-refractivity contribution in [1.29, 1.82) is 0 Å². The van der Waals surface area contributed by atoms with E-state index in [0.717, 1.165) is 11.3 Å². The normalized spacial score (nSPS) is 12.2. The Morgan fingerprint density at radius 2 is 1.89 bits per heavy atom. The SMILES string of the molecule is Cc1ccc(NC(CO)c2ccc(Cl)cc2F)cc1. The number of nitrogens with one attached hydrogen (secondary N) is 1. The van der Waals surface area contributed by atoms with Gasteiger partial charge >= 0.3 is 0 Å². The summed E-state index contributed by atoms with van der Waals surface area (Å²) in [6.07, 6.45) is 0. The van der Waals surface area contributed by atoms with Crippen molar-refractivity contribution in [2.24, 2.45) is 0 Å². The molecule has 2 aromatic rings. The Bertz CT molecular complexity index is 557. The molecule has 0 spiro atoms. The number of aliphatic hydroxyl groups is 1. The lowest BCUT2D eigenvalue weighted by Crippen LogP contribution is -2.16. The van der Waals surface area contributed by atoms with Crippen LogP contribution in [0.15, 0.2) is 42.5 Å². The molecule has 0 aliphatic rings. The summed E-state index contributed by atoms with van der Waals surface area (Å²) in [6.45, 7) is 1.79. The summed E-state index contributed by atoms with van der Waals surface area (Å²) in [4.78, 5) is 0. The van der Waals surface area contributed by atoms with Crippen molar-refractivity contribution < 1.29 is 9.50 Å². The molecule has 2 nitrogen and oxygen atoms in total. The molecule has 100 valence electrons. The number of hydrogen-bond donors (Lipinski definition) is 2. The van der Waals surface area contributed by atoms with Crippen LogP contribution in [0.25, 0.3) is 0 Å². The van der Waals surface area contributed by atoms with E-state index < -0.39 is 11.9 Å². The smallest absolute Gasteiger partial charge is 0.130 e.